The molecule has 0 bridgehead atoms. The highest BCUT2D eigenvalue weighted by Crippen LogP contribution is 2.40. The highest BCUT2D eigenvalue weighted by Gasteiger charge is 2.36. The van der Waals surface area contributed by atoms with E-state index in [9.17, 15) is 4.79 Å². The van der Waals surface area contributed by atoms with Crippen molar-refractivity contribution in [2.24, 2.45) is 16.8 Å². The van der Waals surface area contributed by atoms with Crippen LogP contribution in [0.4, 0.5) is 0 Å². The summed E-state index contributed by atoms with van der Waals surface area (Å²) in [5, 5.41) is 2.12. The summed E-state index contributed by atoms with van der Waals surface area (Å²) in [6.45, 7) is 1.91. The zero-order chi connectivity index (χ0) is 19.5. The van der Waals surface area contributed by atoms with Gasteiger partial charge >= 0.3 is 5.97 Å². The SMILES string of the molecule is COC(=O)C1=C(C)N=C2CC(Cc3cccs3)C=C2C1C=Cc1ccccc1. The number of carbonyl (C=O) groups is 1. The molecule has 2 atom stereocenters. The lowest BCUT2D eigenvalue weighted by Crippen LogP contribution is -2.23. The number of esters is 1. The van der Waals surface area contributed by atoms with Gasteiger partial charge in [0.25, 0.3) is 0 Å². The van der Waals surface area contributed by atoms with E-state index in [4.69, 9.17) is 9.73 Å². The zero-order valence-electron chi connectivity index (χ0n) is 16.1. The van der Waals surface area contributed by atoms with Crippen LogP contribution in [0, 0.1) is 11.8 Å². The molecule has 0 radical (unpaired) electrons. The summed E-state index contributed by atoms with van der Waals surface area (Å²) in [4.78, 5) is 18.7. The van der Waals surface area contributed by atoms with Crippen molar-refractivity contribution < 1.29 is 9.53 Å². The van der Waals surface area contributed by atoms with Crippen molar-refractivity contribution in [2.45, 2.75) is 19.8 Å². The first kappa shape index (κ1) is 18.6. The number of fused-ring (bicyclic) bond motifs is 1. The molecule has 0 N–H and O–H groups in total. The number of thiophene rings is 1. The van der Waals surface area contributed by atoms with Crippen molar-refractivity contribution in [3.63, 3.8) is 0 Å². The number of nitrogens with zero attached hydrogens (tertiary/aromatic N) is 1. The van der Waals surface area contributed by atoms with Crippen LogP contribution in [0.5, 0.6) is 0 Å². The third-order valence-corrected chi connectivity index (χ3v) is 6.17. The van der Waals surface area contributed by atoms with Crippen LogP contribution in [0.3, 0.4) is 0 Å². The number of aliphatic imine (C=N–C) groups is 1. The van der Waals surface area contributed by atoms with Crippen LogP contribution in [-0.2, 0) is 16.0 Å². The van der Waals surface area contributed by atoms with Gasteiger partial charge in [-0.25, -0.2) is 4.79 Å². The van der Waals surface area contributed by atoms with Crippen molar-refractivity contribution in [3.05, 3.63) is 87.3 Å². The van der Waals surface area contributed by atoms with E-state index in [0.29, 0.717) is 11.5 Å². The molecule has 3 nitrogen and oxygen atoms in total. The fourth-order valence-corrected chi connectivity index (χ4v) is 4.79. The van der Waals surface area contributed by atoms with Gasteiger partial charge in [0.2, 0.25) is 0 Å². The van der Waals surface area contributed by atoms with Gasteiger partial charge in [-0.05, 0) is 48.3 Å². The lowest BCUT2D eigenvalue weighted by Gasteiger charge is -2.23. The maximum Gasteiger partial charge on any atom is 0.336 e. The summed E-state index contributed by atoms with van der Waals surface area (Å²) >= 11 is 1.79. The van der Waals surface area contributed by atoms with Crippen molar-refractivity contribution in [1.29, 1.82) is 0 Å². The number of hydrogen-bond acceptors (Lipinski definition) is 4. The fraction of sp³-hybridized carbons (Fsp3) is 0.250. The van der Waals surface area contributed by atoms with E-state index in [1.54, 1.807) is 11.3 Å². The monoisotopic (exact) mass is 389 g/mol. The van der Waals surface area contributed by atoms with Crippen LogP contribution in [0.15, 0.2) is 81.8 Å². The third kappa shape index (κ3) is 3.78. The lowest BCUT2D eigenvalue weighted by atomic mass is 9.85. The highest BCUT2D eigenvalue weighted by molar-refractivity contribution is 7.09. The van der Waals surface area contributed by atoms with Gasteiger partial charge < -0.3 is 4.74 Å². The Balaban J connectivity index is 1.68. The Labute approximate surface area is 169 Å². The van der Waals surface area contributed by atoms with Crippen molar-refractivity contribution >= 4 is 29.1 Å². The average Bonchev–Trinajstić information content (AvgIpc) is 3.35. The van der Waals surface area contributed by atoms with Gasteiger partial charge in [-0.3, -0.25) is 4.99 Å². The molecule has 142 valence electrons. The van der Waals surface area contributed by atoms with Gasteiger partial charge in [-0.15, -0.1) is 11.3 Å². The molecule has 0 saturated heterocycles. The Kier molecular flexibility index (Phi) is 5.40. The predicted octanol–water partition coefficient (Wildman–Crippen LogP) is 5.47. The first-order chi connectivity index (χ1) is 13.7. The summed E-state index contributed by atoms with van der Waals surface area (Å²) in [7, 11) is 1.43. The maximum absolute atomic E-state index is 12.5. The lowest BCUT2D eigenvalue weighted by molar-refractivity contribution is -0.136. The molecule has 1 aliphatic carbocycles. The highest BCUT2D eigenvalue weighted by atomic mass is 32.1. The summed E-state index contributed by atoms with van der Waals surface area (Å²) in [6, 6.07) is 14.4. The molecule has 0 spiro atoms. The van der Waals surface area contributed by atoms with E-state index in [0.717, 1.165) is 35.4 Å². The van der Waals surface area contributed by atoms with Gasteiger partial charge in [0, 0.05) is 22.2 Å². The van der Waals surface area contributed by atoms with Gasteiger partial charge in [0.15, 0.2) is 0 Å². The average molecular weight is 390 g/mol. The standard InChI is InChI=1S/C24H23NO2S/c1-16-23(24(26)27-2)20(11-10-17-7-4-3-5-8-17)21-14-18(15-22(21)25-16)13-19-9-6-12-28-19/h3-12,14,18,20H,13,15H2,1-2H3. The molecule has 28 heavy (non-hydrogen) atoms. The molecule has 1 aliphatic heterocycles. The first-order valence-corrected chi connectivity index (χ1v) is 10.4. The molecular formula is C24H23NO2S. The number of carbonyl (C=O) groups excluding carboxylic acids is 1. The zero-order valence-corrected chi connectivity index (χ0v) is 16.9. The van der Waals surface area contributed by atoms with Crippen LogP contribution in [0.1, 0.15) is 23.8 Å². The van der Waals surface area contributed by atoms with Gasteiger partial charge in [-0.2, -0.15) is 0 Å². The largest absolute Gasteiger partial charge is 0.466 e. The summed E-state index contributed by atoms with van der Waals surface area (Å²) in [6.07, 6.45) is 8.45. The fourth-order valence-electron chi connectivity index (χ4n) is 3.99. The normalized spacial score (nSPS) is 21.5. The van der Waals surface area contributed by atoms with Crippen molar-refractivity contribution in [2.75, 3.05) is 7.11 Å². The number of methoxy groups -OCH3 is 1. The van der Waals surface area contributed by atoms with Gasteiger partial charge in [-0.1, -0.05) is 54.6 Å². The minimum atomic E-state index is -0.300. The maximum atomic E-state index is 12.5. The smallest absolute Gasteiger partial charge is 0.336 e. The Morgan fingerprint density at radius 2 is 2.07 bits per heavy atom. The van der Waals surface area contributed by atoms with E-state index in [1.807, 2.05) is 25.1 Å². The summed E-state index contributed by atoms with van der Waals surface area (Å²) < 4.78 is 5.08. The van der Waals surface area contributed by atoms with E-state index >= 15 is 0 Å². The number of hydrogen-bond donors (Lipinski definition) is 0. The Morgan fingerprint density at radius 3 is 2.79 bits per heavy atom. The van der Waals surface area contributed by atoms with E-state index in [1.165, 1.54) is 12.0 Å². The van der Waals surface area contributed by atoms with Gasteiger partial charge in [0.1, 0.15) is 0 Å². The predicted molar refractivity (Wildman–Crippen MR) is 115 cm³/mol. The number of ether oxygens (including phenoxy) is 1. The Hall–Kier alpha value is -2.72. The van der Waals surface area contributed by atoms with Crippen molar-refractivity contribution in [3.8, 4) is 0 Å². The topological polar surface area (TPSA) is 38.7 Å². The minimum Gasteiger partial charge on any atom is -0.466 e. The summed E-state index contributed by atoms with van der Waals surface area (Å²) in [5.41, 5.74) is 4.77. The second-order valence-electron chi connectivity index (χ2n) is 7.17. The molecule has 0 amide bonds. The molecule has 2 unspecified atom stereocenters. The molecule has 0 fully saturated rings. The molecule has 1 aromatic carbocycles. The molecule has 2 aliphatic rings. The van der Waals surface area contributed by atoms with Crippen molar-refractivity contribution in [1.82, 2.24) is 0 Å². The molecule has 4 rings (SSSR count). The molecule has 1 aromatic heterocycles. The Morgan fingerprint density at radius 1 is 1.25 bits per heavy atom. The number of rotatable bonds is 5. The second kappa shape index (κ2) is 8.11. The van der Waals surface area contributed by atoms with E-state index in [2.05, 4.69) is 47.9 Å². The second-order valence-corrected chi connectivity index (χ2v) is 8.20. The molecule has 2 aromatic rings. The minimum absolute atomic E-state index is 0.117. The molecule has 2 heterocycles. The first-order valence-electron chi connectivity index (χ1n) is 9.50. The van der Waals surface area contributed by atoms with Crippen LogP contribution < -0.4 is 0 Å². The quantitative estimate of drug-likeness (QED) is 0.636. The van der Waals surface area contributed by atoms with Crippen LogP contribution >= 0.6 is 11.3 Å². The molecule has 0 saturated carbocycles. The number of allylic oxidation sites excluding steroid dienone is 4. The number of benzene rings is 1. The van der Waals surface area contributed by atoms with Crippen LogP contribution in [-0.4, -0.2) is 18.8 Å². The van der Waals surface area contributed by atoms with Gasteiger partial charge in [0.05, 0.1) is 12.7 Å². The van der Waals surface area contributed by atoms with Crippen LogP contribution in [0.2, 0.25) is 0 Å². The third-order valence-electron chi connectivity index (χ3n) is 5.27. The Bertz CT molecular complexity index is 981. The van der Waals surface area contributed by atoms with E-state index < -0.39 is 0 Å². The molecule has 4 heteroatoms. The summed E-state index contributed by atoms with van der Waals surface area (Å²) in [5.74, 6) is 0.00364. The van der Waals surface area contributed by atoms with E-state index in [-0.39, 0.29) is 11.9 Å². The molecular weight excluding hydrogens is 366 g/mol. The van der Waals surface area contributed by atoms with Crippen LogP contribution in [0.25, 0.3) is 6.08 Å².